The monoisotopic (exact) mass is 340 g/mol. The van der Waals surface area contributed by atoms with E-state index in [1.54, 1.807) is 0 Å². The lowest BCUT2D eigenvalue weighted by Gasteiger charge is -2.23. The fourth-order valence-corrected chi connectivity index (χ4v) is 2.77. The Hall–Kier alpha value is -1.26. The van der Waals surface area contributed by atoms with Crippen molar-refractivity contribution in [2.24, 2.45) is 11.7 Å². The normalized spacial score (nSPS) is 19.2. The molecule has 2 rings (SSSR count). The van der Waals surface area contributed by atoms with Crippen LogP contribution >= 0.6 is 12.4 Å². The molecule has 1 aromatic rings. The Morgan fingerprint density at radius 3 is 2.43 bits per heavy atom. The van der Waals surface area contributed by atoms with Crippen molar-refractivity contribution < 1.29 is 9.53 Å². The van der Waals surface area contributed by atoms with Gasteiger partial charge in [-0.05, 0) is 48.9 Å². The van der Waals surface area contributed by atoms with Crippen LogP contribution in [0.25, 0.3) is 0 Å². The molecule has 2 unspecified atom stereocenters. The number of nitrogens with zero attached hydrogens (tertiary/aromatic N) is 1. The van der Waals surface area contributed by atoms with Crippen LogP contribution in [0.5, 0.6) is 5.75 Å². The molecular formula is C18H29ClN2O2. The van der Waals surface area contributed by atoms with Crippen molar-refractivity contribution in [3.63, 3.8) is 0 Å². The number of ether oxygens (including phenoxy) is 1. The van der Waals surface area contributed by atoms with Crippen LogP contribution in [-0.4, -0.2) is 36.5 Å². The molecule has 0 aliphatic carbocycles. The summed E-state index contributed by atoms with van der Waals surface area (Å²) in [7, 11) is 0. The third kappa shape index (κ3) is 5.11. The Labute approximate surface area is 145 Å². The Kier molecular flexibility index (Phi) is 6.90. The molecule has 1 saturated heterocycles. The Bertz CT molecular complexity index is 511. The molecule has 0 aromatic heterocycles. The van der Waals surface area contributed by atoms with Crippen LogP contribution in [0.4, 0.5) is 0 Å². The summed E-state index contributed by atoms with van der Waals surface area (Å²) in [6.07, 6.45) is 0.534. The first kappa shape index (κ1) is 19.8. The number of hydrogen-bond acceptors (Lipinski definition) is 3. The van der Waals surface area contributed by atoms with Crippen molar-refractivity contribution in [2.75, 3.05) is 19.6 Å². The predicted molar refractivity (Wildman–Crippen MR) is 96.2 cm³/mol. The van der Waals surface area contributed by atoms with Crippen molar-refractivity contribution in [1.29, 1.82) is 0 Å². The molecule has 4 nitrogen and oxygen atoms in total. The molecule has 0 spiro atoms. The summed E-state index contributed by atoms with van der Waals surface area (Å²) in [6, 6.07) is 8.01. The van der Waals surface area contributed by atoms with Gasteiger partial charge < -0.3 is 15.4 Å². The van der Waals surface area contributed by atoms with Crippen molar-refractivity contribution in [2.45, 2.75) is 45.6 Å². The molecule has 2 atom stereocenters. The van der Waals surface area contributed by atoms with Gasteiger partial charge in [0.1, 0.15) is 5.75 Å². The summed E-state index contributed by atoms with van der Waals surface area (Å²) < 4.78 is 5.80. The number of amides is 1. The largest absolute Gasteiger partial charge is 0.481 e. The Morgan fingerprint density at radius 1 is 1.35 bits per heavy atom. The highest BCUT2D eigenvalue weighted by Crippen LogP contribution is 2.25. The van der Waals surface area contributed by atoms with Crippen molar-refractivity contribution in [3.05, 3.63) is 29.8 Å². The van der Waals surface area contributed by atoms with E-state index < -0.39 is 6.10 Å². The summed E-state index contributed by atoms with van der Waals surface area (Å²) in [4.78, 5) is 14.3. The molecule has 0 saturated carbocycles. The van der Waals surface area contributed by atoms with Crippen LogP contribution in [0.15, 0.2) is 24.3 Å². The lowest BCUT2D eigenvalue weighted by atomic mass is 9.87. The number of nitrogens with two attached hydrogens (primary N) is 1. The number of hydrogen-bond donors (Lipinski definition) is 1. The molecule has 1 amide bonds. The molecule has 1 aromatic carbocycles. The number of benzene rings is 1. The second kappa shape index (κ2) is 8.02. The van der Waals surface area contributed by atoms with Crippen LogP contribution in [-0.2, 0) is 10.2 Å². The van der Waals surface area contributed by atoms with E-state index in [0.29, 0.717) is 12.5 Å². The maximum absolute atomic E-state index is 12.4. The van der Waals surface area contributed by atoms with Gasteiger partial charge in [0.25, 0.3) is 5.91 Å². The smallest absolute Gasteiger partial charge is 0.263 e. The minimum atomic E-state index is -0.461. The van der Waals surface area contributed by atoms with Gasteiger partial charge >= 0.3 is 0 Å². The molecule has 5 heteroatoms. The maximum atomic E-state index is 12.4. The van der Waals surface area contributed by atoms with Crippen molar-refractivity contribution in [1.82, 2.24) is 4.90 Å². The Morgan fingerprint density at radius 2 is 1.96 bits per heavy atom. The van der Waals surface area contributed by atoms with E-state index in [4.69, 9.17) is 10.5 Å². The van der Waals surface area contributed by atoms with Gasteiger partial charge in [0.05, 0.1) is 0 Å². The average Bonchev–Trinajstić information content (AvgIpc) is 2.95. The minimum Gasteiger partial charge on any atom is -0.481 e. The molecule has 130 valence electrons. The van der Waals surface area contributed by atoms with Crippen LogP contribution in [0.2, 0.25) is 0 Å². The molecule has 2 N–H and O–H groups in total. The highest BCUT2D eigenvalue weighted by Gasteiger charge is 2.29. The molecule has 23 heavy (non-hydrogen) atoms. The van der Waals surface area contributed by atoms with Crippen LogP contribution in [0, 0.1) is 5.92 Å². The highest BCUT2D eigenvalue weighted by molar-refractivity contribution is 5.85. The number of carbonyl (C=O) groups is 1. The van der Waals surface area contributed by atoms with Crippen molar-refractivity contribution >= 4 is 18.3 Å². The summed E-state index contributed by atoms with van der Waals surface area (Å²) in [5.74, 6) is 1.22. The fraction of sp³-hybridized carbons (Fsp3) is 0.611. The molecule has 1 aliphatic heterocycles. The van der Waals surface area contributed by atoms with E-state index >= 15 is 0 Å². The standard InChI is InChI=1S/C18H28N2O2.ClH/c1-13(17(21)20-10-9-14(11-19)12-20)22-16-7-5-15(6-8-16)18(2,3)4;/h5-8,13-14H,9-12,19H2,1-4H3;1H. The lowest BCUT2D eigenvalue weighted by molar-refractivity contribution is -0.136. The van der Waals surface area contributed by atoms with Gasteiger partial charge in [0, 0.05) is 13.1 Å². The lowest BCUT2D eigenvalue weighted by Crippen LogP contribution is -2.39. The van der Waals surface area contributed by atoms with E-state index in [2.05, 4.69) is 32.9 Å². The van der Waals surface area contributed by atoms with E-state index in [9.17, 15) is 4.79 Å². The molecule has 0 bridgehead atoms. The van der Waals surface area contributed by atoms with Gasteiger partial charge in [-0.2, -0.15) is 0 Å². The fourth-order valence-electron chi connectivity index (χ4n) is 2.77. The SMILES string of the molecule is CC(Oc1ccc(C(C)(C)C)cc1)C(=O)N1CCC(CN)C1.Cl. The zero-order chi connectivity index (χ0) is 16.3. The first-order valence-corrected chi connectivity index (χ1v) is 8.07. The van der Waals surface area contributed by atoms with Gasteiger partial charge in [-0.15, -0.1) is 12.4 Å². The molecule has 1 heterocycles. The van der Waals surface area contributed by atoms with Gasteiger partial charge in [0.2, 0.25) is 0 Å². The van der Waals surface area contributed by atoms with Crippen LogP contribution in [0.3, 0.4) is 0 Å². The quantitative estimate of drug-likeness (QED) is 0.916. The third-order valence-electron chi connectivity index (χ3n) is 4.31. The predicted octanol–water partition coefficient (Wildman–Crippen LogP) is 2.98. The third-order valence-corrected chi connectivity index (χ3v) is 4.31. The van der Waals surface area contributed by atoms with E-state index in [1.807, 2.05) is 24.0 Å². The molecule has 1 fully saturated rings. The maximum Gasteiger partial charge on any atom is 0.263 e. The number of halogens is 1. The molecule has 0 radical (unpaired) electrons. The van der Waals surface area contributed by atoms with E-state index in [0.717, 1.165) is 25.3 Å². The number of carbonyl (C=O) groups excluding carboxylic acids is 1. The van der Waals surface area contributed by atoms with Gasteiger partial charge in [-0.3, -0.25) is 4.79 Å². The van der Waals surface area contributed by atoms with Crippen LogP contribution < -0.4 is 10.5 Å². The second-order valence-electron chi connectivity index (χ2n) is 7.21. The molecular weight excluding hydrogens is 312 g/mol. The van der Waals surface area contributed by atoms with Gasteiger partial charge in [-0.1, -0.05) is 32.9 Å². The zero-order valence-corrected chi connectivity index (χ0v) is 15.4. The highest BCUT2D eigenvalue weighted by atomic mass is 35.5. The minimum absolute atomic E-state index is 0. The first-order chi connectivity index (χ1) is 10.3. The van der Waals surface area contributed by atoms with Gasteiger partial charge in [0.15, 0.2) is 6.10 Å². The number of rotatable bonds is 4. The second-order valence-corrected chi connectivity index (χ2v) is 7.21. The summed E-state index contributed by atoms with van der Waals surface area (Å²) in [6.45, 7) is 10.5. The first-order valence-electron chi connectivity index (χ1n) is 8.07. The average molecular weight is 341 g/mol. The van der Waals surface area contributed by atoms with Crippen LogP contribution in [0.1, 0.15) is 39.7 Å². The topological polar surface area (TPSA) is 55.6 Å². The van der Waals surface area contributed by atoms with E-state index in [1.165, 1.54) is 5.56 Å². The van der Waals surface area contributed by atoms with Gasteiger partial charge in [-0.25, -0.2) is 0 Å². The summed E-state index contributed by atoms with van der Waals surface area (Å²) in [5, 5.41) is 0. The van der Waals surface area contributed by atoms with E-state index in [-0.39, 0.29) is 23.7 Å². The number of likely N-dealkylation sites (tertiary alicyclic amines) is 1. The van der Waals surface area contributed by atoms with Crippen molar-refractivity contribution in [3.8, 4) is 5.75 Å². The summed E-state index contributed by atoms with van der Waals surface area (Å²) in [5.41, 5.74) is 7.05. The Balaban J connectivity index is 0.00000264. The summed E-state index contributed by atoms with van der Waals surface area (Å²) >= 11 is 0. The zero-order valence-electron chi connectivity index (χ0n) is 14.5. The molecule has 1 aliphatic rings.